The highest BCUT2D eigenvalue weighted by molar-refractivity contribution is 6.30. The summed E-state index contributed by atoms with van der Waals surface area (Å²) in [7, 11) is 0. The molecule has 3 nitrogen and oxygen atoms in total. The van der Waals surface area contributed by atoms with Gasteiger partial charge < -0.3 is 5.32 Å². The van der Waals surface area contributed by atoms with E-state index in [1.54, 1.807) is 0 Å². The molecule has 0 saturated heterocycles. The van der Waals surface area contributed by atoms with Crippen molar-refractivity contribution in [1.82, 2.24) is 15.1 Å². The van der Waals surface area contributed by atoms with Crippen LogP contribution >= 0.6 is 11.6 Å². The number of nitrogens with one attached hydrogen (secondary N) is 1. The number of nitrogens with zero attached hydrogens (tertiary/aromatic N) is 2. The third kappa shape index (κ3) is 4.32. The summed E-state index contributed by atoms with van der Waals surface area (Å²) in [6.07, 6.45) is 2.21. The summed E-state index contributed by atoms with van der Waals surface area (Å²) in [5.74, 6) is 0. The Balaban J connectivity index is 2.05. The molecule has 1 aromatic carbocycles. The second-order valence-electron chi connectivity index (χ2n) is 5.43. The predicted molar refractivity (Wildman–Crippen MR) is 89.1 cm³/mol. The van der Waals surface area contributed by atoms with Gasteiger partial charge in [0.25, 0.3) is 0 Å². The first-order valence-corrected chi connectivity index (χ1v) is 7.97. The number of hydrogen-bond donors (Lipinski definition) is 1. The summed E-state index contributed by atoms with van der Waals surface area (Å²) in [5.41, 5.74) is 4.99. The highest BCUT2D eigenvalue weighted by Gasteiger charge is 2.11. The van der Waals surface area contributed by atoms with Crippen molar-refractivity contribution in [3.8, 4) is 0 Å². The number of halogens is 1. The maximum absolute atomic E-state index is 5.93. The van der Waals surface area contributed by atoms with Gasteiger partial charge in [0, 0.05) is 10.7 Å². The van der Waals surface area contributed by atoms with Gasteiger partial charge in [-0.1, -0.05) is 30.7 Å². The van der Waals surface area contributed by atoms with Gasteiger partial charge in [-0.15, -0.1) is 0 Å². The van der Waals surface area contributed by atoms with Crippen LogP contribution in [-0.2, 0) is 13.0 Å². The summed E-state index contributed by atoms with van der Waals surface area (Å²) < 4.78 is 2.09. The smallest absolute Gasteiger partial charge is 0.0662 e. The lowest BCUT2D eigenvalue weighted by Gasteiger charge is -2.07. The summed E-state index contributed by atoms with van der Waals surface area (Å²) in [5, 5.41) is 8.91. The average molecular weight is 306 g/mol. The van der Waals surface area contributed by atoms with Crippen molar-refractivity contribution in [1.29, 1.82) is 0 Å². The SMILES string of the molecule is CCCNCCc1c(C)nn(Cc2ccc(Cl)cc2)c1C. The lowest BCUT2D eigenvalue weighted by molar-refractivity contribution is 0.653. The standard InChI is InChI=1S/C17H24ClN3/c1-4-10-19-11-9-17-13(2)20-21(14(17)3)12-15-5-7-16(18)8-6-15/h5-8,19H,4,9-12H2,1-3H3. The van der Waals surface area contributed by atoms with Gasteiger partial charge in [-0.25, -0.2) is 0 Å². The van der Waals surface area contributed by atoms with Crippen LogP contribution in [0.5, 0.6) is 0 Å². The highest BCUT2D eigenvalue weighted by atomic mass is 35.5. The molecular formula is C17H24ClN3. The number of rotatable bonds is 7. The molecule has 1 N–H and O–H groups in total. The van der Waals surface area contributed by atoms with Gasteiger partial charge in [0.2, 0.25) is 0 Å². The van der Waals surface area contributed by atoms with Gasteiger partial charge in [0.15, 0.2) is 0 Å². The molecule has 0 aliphatic carbocycles. The minimum Gasteiger partial charge on any atom is -0.316 e. The number of benzene rings is 1. The van der Waals surface area contributed by atoms with Crippen molar-refractivity contribution < 1.29 is 0 Å². The molecular weight excluding hydrogens is 282 g/mol. The minimum absolute atomic E-state index is 0.773. The van der Waals surface area contributed by atoms with E-state index in [1.807, 2.05) is 12.1 Å². The quantitative estimate of drug-likeness (QED) is 0.790. The van der Waals surface area contributed by atoms with Crippen LogP contribution in [0.1, 0.15) is 35.9 Å². The molecule has 0 radical (unpaired) electrons. The Morgan fingerprint density at radius 3 is 2.52 bits per heavy atom. The molecule has 1 aromatic heterocycles. The zero-order valence-electron chi connectivity index (χ0n) is 13.1. The van der Waals surface area contributed by atoms with Crippen LogP contribution in [0.15, 0.2) is 24.3 Å². The molecule has 0 amide bonds. The van der Waals surface area contributed by atoms with Crippen molar-refractivity contribution in [3.05, 3.63) is 51.8 Å². The molecule has 0 aliphatic heterocycles. The second kappa shape index (κ2) is 7.62. The molecule has 1 heterocycles. The monoisotopic (exact) mass is 305 g/mol. The van der Waals surface area contributed by atoms with Crippen LogP contribution in [0, 0.1) is 13.8 Å². The third-order valence-electron chi connectivity index (χ3n) is 3.76. The van der Waals surface area contributed by atoms with Crippen LogP contribution in [0.4, 0.5) is 0 Å². The average Bonchev–Trinajstić information content (AvgIpc) is 2.73. The molecule has 0 fully saturated rings. The maximum atomic E-state index is 5.93. The van der Waals surface area contributed by atoms with Gasteiger partial charge >= 0.3 is 0 Å². The van der Waals surface area contributed by atoms with E-state index in [-0.39, 0.29) is 0 Å². The molecule has 2 aromatic rings. The van der Waals surface area contributed by atoms with E-state index in [9.17, 15) is 0 Å². The van der Waals surface area contributed by atoms with Gasteiger partial charge in [-0.3, -0.25) is 4.68 Å². The Bertz CT molecular complexity index is 572. The van der Waals surface area contributed by atoms with Crippen LogP contribution < -0.4 is 5.32 Å². The largest absolute Gasteiger partial charge is 0.316 e. The summed E-state index contributed by atoms with van der Waals surface area (Å²) in [4.78, 5) is 0. The normalized spacial score (nSPS) is 11.0. The minimum atomic E-state index is 0.773. The molecule has 4 heteroatoms. The van der Waals surface area contributed by atoms with Crippen LogP contribution in [0.3, 0.4) is 0 Å². The molecule has 114 valence electrons. The van der Waals surface area contributed by atoms with E-state index in [4.69, 9.17) is 11.6 Å². The van der Waals surface area contributed by atoms with Crippen molar-refractivity contribution >= 4 is 11.6 Å². The van der Waals surface area contributed by atoms with E-state index >= 15 is 0 Å². The Hall–Kier alpha value is -1.32. The molecule has 0 atom stereocenters. The Morgan fingerprint density at radius 2 is 1.86 bits per heavy atom. The van der Waals surface area contributed by atoms with E-state index in [2.05, 4.69) is 48.0 Å². The Kier molecular flexibility index (Phi) is 5.83. The van der Waals surface area contributed by atoms with E-state index in [0.717, 1.165) is 36.8 Å². The van der Waals surface area contributed by atoms with Crippen molar-refractivity contribution in [2.45, 2.75) is 40.2 Å². The van der Waals surface area contributed by atoms with Gasteiger partial charge in [0.05, 0.1) is 12.2 Å². The summed E-state index contributed by atoms with van der Waals surface area (Å²) >= 11 is 5.93. The van der Waals surface area contributed by atoms with E-state index in [1.165, 1.54) is 23.2 Å². The van der Waals surface area contributed by atoms with Gasteiger partial charge in [-0.05, 0) is 63.0 Å². The third-order valence-corrected chi connectivity index (χ3v) is 4.01. The van der Waals surface area contributed by atoms with Crippen molar-refractivity contribution in [2.24, 2.45) is 0 Å². The lowest BCUT2D eigenvalue weighted by Crippen LogP contribution is -2.18. The predicted octanol–water partition coefficient (Wildman–Crippen LogP) is 3.74. The zero-order valence-corrected chi connectivity index (χ0v) is 13.9. The summed E-state index contributed by atoms with van der Waals surface area (Å²) in [6.45, 7) is 9.34. The molecule has 0 unspecified atom stereocenters. The molecule has 0 saturated carbocycles. The first-order valence-electron chi connectivity index (χ1n) is 7.60. The molecule has 0 aliphatic rings. The first-order chi connectivity index (χ1) is 10.1. The van der Waals surface area contributed by atoms with Crippen molar-refractivity contribution in [3.63, 3.8) is 0 Å². The van der Waals surface area contributed by atoms with Crippen LogP contribution in [0.2, 0.25) is 5.02 Å². The molecule has 21 heavy (non-hydrogen) atoms. The van der Waals surface area contributed by atoms with E-state index < -0.39 is 0 Å². The number of aromatic nitrogens is 2. The molecule has 0 bridgehead atoms. The fourth-order valence-corrected chi connectivity index (χ4v) is 2.65. The number of hydrogen-bond acceptors (Lipinski definition) is 2. The van der Waals surface area contributed by atoms with Crippen molar-refractivity contribution in [2.75, 3.05) is 13.1 Å². The summed E-state index contributed by atoms with van der Waals surface area (Å²) in [6, 6.07) is 7.97. The van der Waals surface area contributed by atoms with Gasteiger partial charge in [-0.2, -0.15) is 5.10 Å². The maximum Gasteiger partial charge on any atom is 0.0662 e. The molecule has 2 rings (SSSR count). The highest BCUT2D eigenvalue weighted by Crippen LogP contribution is 2.16. The van der Waals surface area contributed by atoms with E-state index in [0.29, 0.717) is 0 Å². The van der Waals surface area contributed by atoms with Gasteiger partial charge in [0.1, 0.15) is 0 Å². The molecule has 0 spiro atoms. The number of aryl methyl sites for hydroxylation is 1. The Morgan fingerprint density at radius 1 is 1.14 bits per heavy atom. The topological polar surface area (TPSA) is 29.9 Å². The first kappa shape index (κ1) is 16.1. The fourth-order valence-electron chi connectivity index (χ4n) is 2.53. The lowest BCUT2D eigenvalue weighted by atomic mass is 10.1. The zero-order chi connectivity index (χ0) is 15.2. The fraction of sp³-hybridized carbons (Fsp3) is 0.471. The van der Waals surface area contributed by atoms with Crippen LogP contribution in [0.25, 0.3) is 0 Å². The second-order valence-corrected chi connectivity index (χ2v) is 5.87. The van der Waals surface area contributed by atoms with Crippen LogP contribution in [-0.4, -0.2) is 22.9 Å². The Labute approximate surface area is 132 Å².